The monoisotopic (exact) mass is 491 g/mol. The molecule has 0 radical (unpaired) electrons. The molecule has 1 saturated heterocycles. The third-order valence-electron chi connectivity index (χ3n) is 6.68. The molecule has 2 fully saturated rings. The first-order chi connectivity index (χ1) is 16.2. The van der Waals surface area contributed by atoms with Gasteiger partial charge in [-0.1, -0.05) is 39.0 Å². The summed E-state index contributed by atoms with van der Waals surface area (Å²) in [7, 11) is 1.52. The van der Waals surface area contributed by atoms with Gasteiger partial charge in [0, 0.05) is 33.1 Å². The lowest BCUT2D eigenvalue weighted by molar-refractivity contribution is -0.133. The van der Waals surface area contributed by atoms with Gasteiger partial charge in [-0.2, -0.15) is 0 Å². The Morgan fingerprint density at radius 2 is 1.86 bits per heavy atom. The number of hydrogen-bond donors (Lipinski definition) is 1. The Balaban J connectivity index is 1.84. The highest BCUT2D eigenvalue weighted by Gasteiger charge is 2.40. The summed E-state index contributed by atoms with van der Waals surface area (Å²) < 4.78 is 43.3. The van der Waals surface area contributed by atoms with E-state index in [0.29, 0.717) is 18.5 Å². The van der Waals surface area contributed by atoms with Crippen LogP contribution in [0.3, 0.4) is 0 Å². The Morgan fingerprint density at radius 3 is 2.40 bits per heavy atom. The van der Waals surface area contributed by atoms with Crippen molar-refractivity contribution in [2.24, 2.45) is 11.3 Å². The van der Waals surface area contributed by atoms with Gasteiger partial charge < -0.3 is 15.1 Å². The van der Waals surface area contributed by atoms with Crippen LogP contribution in [-0.4, -0.2) is 54.4 Å². The van der Waals surface area contributed by atoms with Crippen molar-refractivity contribution in [3.05, 3.63) is 59.1 Å². The summed E-state index contributed by atoms with van der Waals surface area (Å²) in [6, 6.07) is 4.41. The van der Waals surface area contributed by atoms with Crippen LogP contribution >= 0.6 is 0 Å². The Kier molecular flexibility index (Phi) is 8.09. The van der Waals surface area contributed by atoms with Crippen LogP contribution in [0.1, 0.15) is 64.1 Å². The second kappa shape index (κ2) is 10.4. The van der Waals surface area contributed by atoms with Crippen molar-refractivity contribution in [2.75, 3.05) is 26.7 Å². The predicted octanol–water partition coefficient (Wildman–Crippen LogP) is 5.85. The third-order valence-corrected chi connectivity index (χ3v) is 6.68. The summed E-state index contributed by atoms with van der Waals surface area (Å²) in [5.41, 5.74) is 2.02. The number of carbonyl (C=O) groups excluding carboxylic acids is 1. The number of benzene rings is 1. The number of nitrogens with one attached hydrogen (secondary N) is 1. The number of likely N-dealkylation sites (N-methyl/N-ethyl adjacent to an activating group) is 1. The first-order valence-corrected chi connectivity index (χ1v) is 12.5. The smallest absolute Gasteiger partial charge is 0.284 e. The third kappa shape index (κ3) is 7.35. The van der Waals surface area contributed by atoms with Crippen molar-refractivity contribution in [3.63, 3.8) is 0 Å². The van der Waals surface area contributed by atoms with E-state index in [1.165, 1.54) is 30.2 Å². The molecule has 1 aliphatic carbocycles. The molecule has 1 aromatic carbocycles. The molecule has 0 spiro atoms. The van der Waals surface area contributed by atoms with Gasteiger partial charge >= 0.3 is 0 Å². The molecule has 194 valence electrons. The fraction of sp³-hybridized carbons (Fsp3) is 0.607. The van der Waals surface area contributed by atoms with Gasteiger partial charge in [-0.25, -0.2) is 13.2 Å². The lowest BCUT2D eigenvalue weighted by atomic mass is 9.94. The summed E-state index contributed by atoms with van der Waals surface area (Å²) in [5, 5.41) is 3.57. The van der Waals surface area contributed by atoms with Crippen LogP contribution < -0.4 is 5.32 Å². The average molecular weight is 492 g/mol. The minimum absolute atomic E-state index is 0.0381. The first kappa shape index (κ1) is 27.3. The van der Waals surface area contributed by atoms with E-state index in [1.54, 1.807) is 4.90 Å². The molecule has 2 aliphatic rings. The van der Waals surface area contributed by atoms with Gasteiger partial charge in [0.2, 0.25) is 5.91 Å². The summed E-state index contributed by atoms with van der Waals surface area (Å²) in [4.78, 5) is 16.5. The van der Waals surface area contributed by atoms with Crippen LogP contribution in [0.4, 0.5) is 13.2 Å². The number of alkyl halides is 2. The number of aryl methyl sites for hydroxylation is 1. The maximum atomic E-state index is 14.5. The molecule has 1 heterocycles. The molecular weight excluding hydrogens is 451 g/mol. The van der Waals surface area contributed by atoms with Gasteiger partial charge in [-0.05, 0) is 66.9 Å². The van der Waals surface area contributed by atoms with E-state index in [-0.39, 0.29) is 47.4 Å². The van der Waals surface area contributed by atoms with Crippen molar-refractivity contribution in [3.8, 4) is 0 Å². The van der Waals surface area contributed by atoms with E-state index >= 15 is 0 Å². The van der Waals surface area contributed by atoms with E-state index < -0.39 is 5.92 Å². The van der Waals surface area contributed by atoms with Crippen LogP contribution in [0.5, 0.6) is 0 Å². The van der Waals surface area contributed by atoms with Gasteiger partial charge in [0.1, 0.15) is 5.82 Å². The van der Waals surface area contributed by atoms with Gasteiger partial charge in [0.15, 0.2) is 0 Å². The van der Waals surface area contributed by atoms with Crippen molar-refractivity contribution in [1.29, 1.82) is 0 Å². The topological polar surface area (TPSA) is 35.6 Å². The summed E-state index contributed by atoms with van der Waals surface area (Å²) >= 11 is 0. The fourth-order valence-electron chi connectivity index (χ4n) is 4.77. The molecule has 0 unspecified atom stereocenters. The molecule has 1 aromatic rings. The van der Waals surface area contributed by atoms with E-state index in [2.05, 4.69) is 32.7 Å². The maximum absolute atomic E-state index is 14.5. The van der Waals surface area contributed by atoms with Gasteiger partial charge in [-0.15, -0.1) is 0 Å². The average Bonchev–Trinajstić information content (AvgIpc) is 3.47. The van der Waals surface area contributed by atoms with Gasteiger partial charge in [-0.3, -0.25) is 4.79 Å². The van der Waals surface area contributed by atoms with E-state index in [0.717, 1.165) is 37.4 Å². The van der Waals surface area contributed by atoms with Gasteiger partial charge in [0.05, 0.1) is 18.3 Å². The summed E-state index contributed by atoms with van der Waals surface area (Å²) in [5.74, 6) is -3.45. The van der Waals surface area contributed by atoms with Crippen LogP contribution in [-0.2, 0) is 4.79 Å². The highest BCUT2D eigenvalue weighted by molar-refractivity contribution is 5.79. The number of carbonyl (C=O) groups is 1. The van der Waals surface area contributed by atoms with Crippen molar-refractivity contribution < 1.29 is 18.0 Å². The molecule has 1 saturated carbocycles. The van der Waals surface area contributed by atoms with Crippen LogP contribution in [0, 0.1) is 24.1 Å². The fourth-order valence-corrected chi connectivity index (χ4v) is 4.77. The van der Waals surface area contributed by atoms with E-state index in [9.17, 15) is 18.0 Å². The molecule has 3 rings (SSSR count). The molecule has 1 N–H and O–H groups in total. The van der Waals surface area contributed by atoms with Crippen molar-refractivity contribution >= 4 is 5.91 Å². The number of hydrogen-bond acceptors (Lipinski definition) is 3. The molecule has 1 amide bonds. The maximum Gasteiger partial charge on any atom is 0.284 e. The number of nitrogens with zero attached hydrogens (tertiary/aromatic N) is 2. The van der Waals surface area contributed by atoms with Gasteiger partial charge in [0.25, 0.3) is 5.92 Å². The first-order valence-electron chi connectivity index (χ1n) is 12.5. The van der Waals surface area contributed by atoms with Crippen molar-refractivity contribution in [2.45, 2.75) is 71.9 Å². The quantitative estimate of drug-likeness (QED) is 0.440. The van der Waals surface area contributed by atoms with Crippen LogP contribution in [0.2, 0.25) is 0 Å². The molecule has 2 atom stereocenters. The number of rotatable bonds is 9. The zero-order valence-corrected chi connectivity index (χ0v) is 21.9. The lowest BCUT2D eigenvalue weighted by Crippen LogP contribution is -2.44. The number of allylic oxidation sites excluding steroid dienone is 3. The largest absolute Gasteiger partial charge is 0.364 e. The Hall–Kier alpha value is -2.28. The van der Waals surface area contributed by atoms with E-state index in [4.69, 9.17) is 0 Å². The highest BCUT2D eigenvalue weighted by Crippen LogP contribution is 2.39. The lowest BCUT2D eigenvalue weighted by Gasteiger charge is -2.33. The normalized spacial score (nSPS) is 21.4. The molecule has 35 heavy (non-hydrogen) atoms. The predicted molar refractivity (Wildman–Crippen MR) is 135 cm³/mol. The number of halogens is 3. The van der Waals surface area contributed by atoms with Crippen molar-refractivity contribution in [1.82, 2.24) is 15.1 Å². The van der Waals surface area contributed by atoms with Crippen LogP contribution in [0.15, 0.2) is 42.1 Å². The van der Waals surface area contributed by atoms with E-state index in [1.807, 2.05) is 13.0 Å². The Bertz CT molecular complexity index is 952. The second-order valence-corrected chi connectivity index (χ2v) is 11.6. The Morgan fingerprint density at radius 1 is 1.20 bits per heavy atom. The molecule has 7 heteroatoms. The zero-order chi connectivity index (χ0) is 26.1. The van der Waals surface area contributed by atoms with Crippen LogP contribution in [0.25, 0.3) is 0 Å². The molecule has 0 aromatic heterocycles. The zero-order valence-electron chi connectivity index (χ0n) is 21.9. The number of amides is 1. The molecule has 4 nitrogen and oxygen atoms in total. The summed E-state index contributed by atoms with van der Waals surface area (Å²) in [6.07, 6.45) is 4.07. The Labute approximate surface area is 208 Å². The minimum Gasteiger partial charge on any atom is -0.364 e. The second-order valence-electron chi connectivity index (χ2n) is 11.6. The molecular formula is C28H40F3N3O. The highest BCUT2D eigenvalue weighted by atomic mass is 19.3. The SMILES string of the molecule is C=C(/C=C(\N(C)CC(=O)N1CC[C@@H](NCC(C)(C)C)[C@H]1c1cc(C)cc(F)c1)C(C)(F)F)C1CC1. The standard InChI is InChI=1S/C28H40F3N3O/c1-18-12-21(15-22(29)13-18)26-23(32-17-27(3,4)5)10-11-34(26)25(35)16-33(7)24(28(6,30)31)14-19(2)20-8-9-20/h12-15,20,23,26,32H,2,8-11,16-17H2,1,3-7H3/b24-14-/t23-,26-/m1/s1. The number of likely N-dealkylation sites (tertiary alicyclic amines) is 1. The summed E-state index contributed by atoms with van der Waals surface area (Å²) in [6.45, 7) is 14.0. The minimum atomic E-state index is -3.10. The molecule has 0 bridgehead atoms. The molecule has 1 aliphatic heterocycles.